The largest absolute Gasteiger partial charge is 0.478 e. The van der Waals surface area contributed by atoms with Gasteiger partial charge in [0.05, 0.1) is 17.5 Å². The van der Waals surface area contributed by atoms with Gasteiger partial charge in [-0.15, -0.1) is 0 Å². The van der Waals surface area contributed by atoms with Gasteiger partial charge in [0.15, 0.2) is 0 Å². The van der Waals surface area contributed by atoms with Gasteiger partial charge in [-0.3, -0.25) is 0 Å². The first-order chi connectivity index (χ1) is 13.1. The SMILES string of the molecule is N/N=c1/ccc2c(-c3ccccc3C(=O)O)c3ccc(CO)cc3oc-2c1. The van der Waals surface area contributed by atoms with E-state index in [0.29, 0.717) is 27.8 Å². The summed E-state index contributed by atoms with van der Waals surface area (Å²) in [6, 6.07) is 17.5. The van der Waals surface area contributed by atoms with Crippen LogP contribution in [0.1, 0.15) is 15.9 Å². The molecule has 1 heterocycles. The zero-order chi connectivity index (χ0) is 19.0. The molecule has 0 unspecified atom stereocenters. The van der Waals surface area contributed by atoms with Crippen LogP contribution < -0.4 is 11.2 Å². The Morgan fingerprint density at radius 1 is 1.04 bits per heavy atom. The number of aliphatic hydroxyl groups is 1. The molecular formula is C21H16N2O4. The van der Waals surface area contributed by atoms with Gasteiger partial charge in [-0.05, 0) is 35.4 Å². The Kier molecular flexibility index (Phi) is 4.10. The van der Waals surface area contributed by atoms with E-state index in [0.717, 1.165) is 16.5 Å². The van der Waals surface area contributed by atoms with Gasteiger partial charge in [0.2, 0.25) is 0 Å². The normalized spacial score (nSPS) is 12.0. The van der Waals surface area contributed by atoms with E-state index in [-0.39, 0.29) is 12.2 Å². The molecule has 1 aliphatic heterocycles. The fourth-order valence-electron chi connectivity index (χ4n) is 3.28. The van der Waals surface area contributed by atoms with E-state index in [4.69, 9.17) is 10.3 Å². The highest BCUT2D eigenvalue weighted by molar-refractivity contribution is 6.07. The molecule has 0 atom stereocenters. The van der Waals surface area contributed by atoms with Crippen molar-refractivity contribution in [1.29, 1.82) is 0 Å². The Hall–Kier alpha value is -3.64. The molecule has 1 aliphatic carbocycles. The predicted molar refractivity (Wildman–Crippen MR) is 101 cm³/mol. The van der Waals surface area contributed by atoms with E-state index in [1.165, 1.54) is 0 Å². The number of hydrogen-bond acceptors (Lipinski definition) is 5. The quantitative estimate of drug-likeness (QED) is 0.295. The van der Waals surface area contributed by atoms with Crippen LogP contribution in [0.5, 0.6) is 0 Å². The third-order valence-electron chi connectivity index (χ3n) is 4.53. The number of nitrogens with two attached hydrogens (primary N) is 1. The van der Waals surface area contributed by atoms with Crippen LogP contribution >= 0.6 is 0 Å². The maximum absolute atomic E-state index is 11.8. The van der Waals surface area contributed by atoms with Gasteiger partial charge in [0.1, 0.15) is 11.3 Å². The second kappa shape index (κ2) is 6.59. The van der Waals surface area contributed by atoms with Gasteiger partial charge < -0.3 is 20.5 Å². The zero-order valence-corrected chi connectivity index (χ0v) is 14.2. The first-order valence-electron chi connectivity index (χ1n) is 8.29. The Balaban J connectivity index is 2.19. The summed E-state index contributed by atoms with van der Waals surface area (Å²) in [5, 5.41) is 24.1. The third-order valence-corrected chi connectivity index (χ3v) is 4.53. The minimum absolute atomic E-state index is 0.122. The lowest BCUT2D eigenvalue weighted by Gasteiger charge is -2.17. The van der Waals surface area contributed by atoms with Crippen molar-refractivity contribution in [2.75, 3.05) is 0 Å². The van der Waals surface area contributed by atoms with Crippen LogP contribution in [0.4, 0.5) is 0 Å². The van der Waals surface area contributed by atoms with Crippen molar-refractivity contribution >= 4 is 16.9 Å². The molecule has 0 saturated carbocycles. The summed E-state index contributed by atoms with van der Waals surface area (Å²) in [7, 11) is 0. The van der Waals surface area contributed by atoms with Gasteiger partial charge in [-0.25, -0.2) is 4.79 Å². The van der Waals surface area contributed by atoms with Crippen molar-refractivity contribution in [3.8, 4) is 22.5 Å². The van der Waals surface area contributed by atoms with Crippen molar-refractivity contribution in [1.82, 2.24) is 0 Å². The Morgan fingerprint density at radius 3 is 2.59 bits per heavy atom. The van der Waals surface area contributed by atoms with E-state index in [9.17, 15) is 15.0 Å². The molecule has 2 aromatic rings. The Morgan fingerprint density at radius 2 is 1.85 bits per heavy atom. The maximum Gasteiger partial charge on any atom is 0.336 e. The fraction of sp³-hybridized carbons (Fsp3) is 0.0476. The summed E-state index contributed by atoms with van der Waals surface area (Å²) in [4.78, 5) is 11.8. The molecule has 27 heavy (non-hydrogen) atoms. The van der Waals surface area contributed by atoms with Gasteiger partial charge in [-0.1, -0.05) is 30.3 Å². The molecule has 4 rings (SSSR count). The molecule has 2 aliphatic rings. The molecule has 6 heteroatoms. The number of nitrogens with zero attached hydrogens (tertiary/aromatic N) is 1. The van der Waals surface area contributed by atoms with E-state index in [2.05, 4.69) is 5.10 Å². The predicted octanol–water partition coefficient (Wildman–Crippen LogP) is 3.17. The van der Waals surface area contributed by atoms with E-state index < -0.39 is 5.97 Å². The van der Waals surface area contributed by atoms with Crippen molar-refractivity contribution in [2.24, 2.45) is 10.9 Å². The summed E-state index contributed by atoms with van der Waals surface area (Å²) in [6.45, 7) is -0.122. The zero-order valence-electron chi connectivity index (χ0n) is 14.2. The molecule has 0 saturated heterocycles. The number of fused-ring (bicyclic) bond motifs is 2. The Labute approximate surface area is 154 Å². The number of hydrogen-bond donors (Lipinski definition) is 3. The summed E-state index contributed by atoms with van der Waals surface area (Å²) in [5.41, 5.74) is 3.52. The first-order valence-corrected chi connectivity index (χ1v) is 8.29. The number of aromatic carboxylic acids is 1. The van der Waals surface area contributed by atoms with Crippen molar-refractivity contribution < 1.29 is 19.4 Å². The highest BCUT2D eigenvalue weighted by Gasteiger charge is 2.21. The number of rotatable bonds is 3. The average Bonchev–Trinajstić information content (AvgIpc) is 2.71. The first kappa shape index (κ1) is 16.8. The highest BCUT2D eigenvalue weighted by atomic mass is 16.4. The van der Waals surface area contributed by atoms with Gasteiger partial charge in [-0.2, -0.15) is 5.10 Å². The Bertz CT molecular complexity index is 1210. The molecule has 0 bridgehead atoms. The molecule has 0 spiro atoms. The second-order valence-electron chi connectivity index (χ2n) is 6.13. The standard InChI is InChI=1S/C21H16N2O4/c22-23-13-6-8-17-19(10-13)27-18-9-12(11-24)5-7-16(18)20(17)14-3-1-2-4-15(14)21(25)26/h1-10,24H,11,22H2,(H,25,26)/b23-13-. The molecule has 134 valence electrons. The lowest BCUT2D eigenvalue weighted by Crippen LogP contribution is -2.06. The van der Waals surface area contributed by atoms with Crippen LogP contribution in [0, 0.1) is 0 Å². The van der Waals surface area contributed by atoms with Crippen LogP contribution in [0.15, 0.2) is 70.2 Å². The van der Waals surface area contributed by atoms with E-state index in [1.54, 1.807) is 48.5 Å². The summed E-state index contributed by atoms with van der Waals surface area (Å²) < 4.78 is 6.02. The molecule has 0 amide bonds. The molecule has 2 aromatic carbocycles. The van der Waals surface area contributed by atoms with Crippen LogP contribution in [0.3, 0.4) is 0 Å². The molecule has 0 aromatic heterocycles. The van der Waals surface area contributed by atoms with Gasteiger partial charge >= 0.3 is 5.97 Å². The van der Waals surface area contributed by atoms with Crippen molar-refractivity contribution in [2.45, 2.75) is 6.61 Å². The van der Waals surface area contributed by atoms with Gasteiger partial charge in [0, 0.05) is 22.6 Å². The van der Waals surface area contributed by atoms with Crippen LogP contribution in [-0.2, 0) is 6.61 Å². The van der Waals surface area contributed by atoms with Crippen molar-refractivity contribution in [3.63, 3.8) is 0 Å². The topological polar surface area (TPSA) is 109 Å². The van der Waals surface area contributed by atoms with E-state index in [1.807, 2.05) is 12.1 Å². The molecule has 6 nitrogen and oxygen atoms in total. The number of carboxylic acids is 1. The van der Waals surface area contributed by atoms with E-state index >= 15 is 0 Å². The second-order valence-corrected chi connectivity index (χ2v) is 6.13. The molecule has 4 N–H and O–H groups in total. The third kappa shape index (κ3) is 2.82. The lowest BCUT2D eigenvalue weighted by molar-refractivity contribution is 0.0697. The lowest BCUT2D eigenvalue weighted by atomic mass is 9.90. The number of carboxylic acid groups (broad SMARTS) is 1. The highest BCUT2D eigenvalue weighted by Crippen LogP contribution is 2.41. The van der Waals surface area contributed by atoms with Crippen LogP contribution in [0.2, 0.25) is 0 Å². The summed E-state index contributed by atoms with van der Waals surface area (Å²) in [5.74, 6) is 4.91. The molecule has 0 radical (unpaired) electrons. The fourth-order valence-corrected chi connectivity index (χ4v) is 3.28. The molecular weight excluding hydrogens is 344 g/mol. The summed E-state index contributed by atoms with van der Waals surface area (Å²) in [6.07, 6.45) is 0. The number of carbonyl (C=O) groups is 1. The van der Waals surface area contributed by atoms with Gasteiger partial charge in [0.25, 0.3) is 0 Å². The maximum atomic E-state index is 11.8. The smallest absolute Gasteiger partial charge is 0.336 e. The van der Waals surface area contributed by atoms with Crippen molar-refractivity contribution in [3.05, 3.63) is 77.1 Å². The minimum atomic E-state index is -1.01. The van der Waals surface area contributed by atoms with Crippen LogP contribution in [-0.4, -0.2) is 16.2 Å². The minimum Gasteiger partial charge on any atom is -0.478 e. The summed E-state index contributed by atoms with van der Waals surface area (Å²) >= 11 is 0. The number of benzene rings is 3. The van der Waals surface area contributed by atoms with Crippen LogP contribution in [0.25, 0.3) is 33.4 Å². The monoisotopic (exact) mass is 360 g/mol. The molecule has 0 fully saturated rings. The number of aliphatic hydroxyl groups excluding tert-OH is 1. The average molecular weight is 360 g/mol.